The minimum atomic E-state index is -0.741. The molecule has 5 heteroatoms. The van der Waals surface area contributed by atoms with Gasteiger partial charge >= 0.3 is 0 Å². The number of hydrogen-bond acceptors (Lipinski definition) is 2. The van der Waals surface area contributed by atoms with Crippen LogP contribution < -0.4 is 5.32 Å². The van der Waals surface area contributed by atoms with Crippen LogP contribution >= 0.6 is 0 Å². The number of carbonyl (C=O) groups is 1. The molecular formula is C12H14F2N2O. The molecule has 1 N–H and O–H groups in total. The van der Waals surface area contributed by atoms with Crippen LogP contribution in [0.5, 0.6) is 0 Å². The van der Waals surface area contributed by atoms with Gasteiger partial charge in [-0.3, -0.25) is 4.79 Å². The van der Waals surface area contributed by atoms with E-state index in [1.807, 2.05) is 0 Å². The number of carbonyl (C=O) groups excluding carboxylic acids is 1. The summed E-state index contributed by atoms with van der Waals surface area (Å²) < 4.78 is 27.0. The molecule has 1 aliphatic heterocycles. The van der Waals surface area contributed by atoms with E-state index in [1.54, 1.807) is 4.90 Å². The Labute approximate surface area is 98.4 Å². The quantitative estimate of drug-likeness (QED) is 0.859. The van der Waals surface area contributed by atoms with Crippen LogP contribution in [0.15, 0.2) is 12.1 Å². The smallest absolute Gasteiger partial charge is 0.254 e. The summed E-state index contributed by atoms with van der Waals surface area (Å²) in [6, 6.07) is 2.16. The predicted molar refractivity (Wildman–Crippen MR) is 61.0 cm³/mol. The number of amides is 1. The number of anilines is 1. The van der Waals surface area contributed by atoms with E-state index in [9.17, 15) is 13.6 Å². The number of likely N-dealkylation sites (tertiary alicyclic amines) is 1. The number of rotatable bonds is 2. The Kier molecular flexibility index (Phi) is 3.26. The second-order valence-electron chi connectivity index (χ2n) is 4.06. The summed E-state index contributed by atoms with van der Waals surface area (Å²) in [6.45, 7) is 1.33. The van der Waals surface area contributed by atoms with Crippen LogP contribution in [0.3, 0.4) is 0 Å². The molecule has 0 saturated carbocycles. The van der Waals surface area contributed by atoms with Gasteiger partial charge in [-0.25, -0.2) is 8.78 Å². The minimum Gasteiger partial charge on any atom is -0.383 e. The maximum Gasteiger partial charge on any atom is 0.254 e. The molecule has 0 aromatic heterocycles. The van der Waals surface area contributed by atoms with Gasteiger partial charge in [0.25, 0.3) is 5.91 Å². The zero-order valence-corrected chi connectivity index (χ0v) is 9.59. The highest BCUT2D eigenvalue weighted by Crippen LogP contribution is 2.22. The number of nitrogens with zero attached hydrogens (tertiary/aromatic N) is 1. The van der Waals surface area contributed by atoms with Crippen LogP contribution in [0.25, 0.3) is 0 Å². The molecule has 17 heavy (non-hydrogen) atoms. The third-order valence-electron chi connectivity index (χ3n) is 2.93. The van der Waals surface area contributed by atoms with E-state index in [1.165, 1.54) is 7.05 Å². The highest BCUT2D eigenvalue weighted by molar-refractivity contribution is 5.94. The predicted octanol–water partition coefficient (Wildman–Crippen LogP) is 2.24. The van der Waals surface area contributed by atoms with Crippen molar-refractivity contribution in [2.45, 2.75) is 12.8 Å². The lowest BCUT2D eigenvalue weighted by atomic mass is 10.1. The lowest BCUT2D eigenvalue weighted by Crippen LogP contribution is -2.27. The fourth-order valence-corrected chi connectivity index (χ4v) is 2.04. The van der Waals surface area contributed by atoms with Gasteiger partial charge in [0.15, 0.2) is 0 Å². The molecule has 0 unspecified atom stereocenters. The van der Waals surface area contributed by atoms with Gasteiger partial charge in [0, 0.05) is 25.7 Å². The molecule has 1 amide bonds. The molecule has 1 aromatic rings. The summed E-state index contributed by atoms with van der Waals surface area (Å²) in [4.78, 5) is 13.5. The minimum absolute atomic E-state index is 0.0703. The molecule has 2 rings (SSSR count). The molecule has 3 nitrogen and oxygen atoms in total. The number of hydrogen-bond donors (Lipinski definition) is 1. The van der Waals surface area contributed by atoms with Gasteiger partial charge in [-0.15, -0.1) is 0 Å². The van der Waals surface area contributed by atoms with Crippen LogP contribution in [0, 0.1) is 11.6 Å². The zero-order valence-electron chi connectivity index (χ0n) is 9.59. The third kappa shape index (κ3) is 2.23. The highest BCUT2D eigenvalue weighted by atomic mass is 19.1. The Balaban J connectivity index is 2.30. The third-order valence-corrected chi connectivity index (χ3v) is 2.93. The van der Waals surface area contributed by atoms with Crippen molar-refractivity contribution in [1.29, 1.82) is 0 Å². The first-order chi connectivity index (χ1) is 8.13. The Bertz CT molecular complexity index is 419. The van der Waals surface area contributed by atoms with Gasteiger partial charge < -0.3 is 10.2 Å². The first-order valence-corrected chi connectivity index (χ1v) is 5.59. The van der Waals surface area contributed by atoms with Crippen LogP contribution in [-0.4, -0.2) is 30.9 Å². The molecule has 0 aliphatic carbocycles. The van der Waals surface area contributed by atoms with Crippen molar-refractivity contribution in [2.75, 3.05) is 25.5 Å². The average molecular weight is 240 g/mol. The van der Waals surface area contributed by atoms with Crippen molar-refractivity contribution in [3.8, 4) is 0 Å². The van der Waals surface area contributed by atoms with E-state index >= 15 is 0 Å². The van der Waals surface area contributed by atoms with Crippen molar-refractivity contribution < 1.29 is 13.6 Å². The average Bonchev–Trinajstić information content (AvgIpc) is 2.81. The lowest BCUT2D eigenvalue weighted by Gasteiger charge is -2.16. The van der Waals surface area contributed by atoms with Gasteiger partial charge in [0.1, 0.15) is 17.3 Å². The monoisotopic (exact) mass is 240 g/mol. The molecule has 1 heterocycles. The zero-order chi connectivity index (χ0) is 12.4. The van der Waals surface area contributed by atoms with Gasteiger partial charge in [-0.2, -0.15) is 0 Å². The molecule has 1 aromatic carbocycles. The van der Waals surface area contributed by atoms with E-state index < -0.39 is 11.6 Å². The largest absolute Gasteiger partial charge is 0.383 e. The summed E-state index contributed by atoms with van der Waals surface area (Å²) >= 11 is 0. The maximum atomic E-state index is 13.5. The van der Waals surface area contributed by atoms with Gasteiger partial charge in [0.2, 0.25) is 0 Å². The van der Waals surface area contributed by atoms with Crippen LogP contribution in [-0.2, 0) is 0 Å². The summed E-state index contributed by atoms with van der Waals surface area (Å²) in [7, 11) is 1.43. The molecule has 0 atom stereocenters. The van der Waals surface area contributed by atoms with Crippen molar-refractivity contribution in [2.24, 2.45) is 0 Å². The van der Waals surface area contributed by atoms with Crippen LogP contribution in [0.4, 0.5) is 14.5 Å². The van der Waals surface area contributed by atoms with Crippen molar-refractivity contribution in [1.82, 2.24) is 4.90 Å². The van der Waals surface area contributed by atoms with Crippen LogP contribution in [0.1, 0.15) is 23.2 Å². The Hall–Kier alpha value is -1.65. The van der Waals surface area contributed by atoms with E-state index in [0.29, 0.717) is 13.1 Å². The number of halogens is 2. The molecule has 0 radical (unpaired) electrons. The van der Waals surface area contributed by atoms with Gasteiger partial charge in [0.05, 0.1) is 0 Å². The second kappa shape index (κ2) is 4.69. The normalized spacial score (nSPS) is 15.1. The van der Waals surface area contributed by atoms with E-state index in [2.05, 4.69) is 5.32 Å². The van der Waals surface area contributed by atoms with E-state index in [4.69, 9.17) is 0 Å². The first kappa shape index (κ1) is 11.8. The molecular weight excluding hydrogens is 226 g/mol. The number of benzene rings is 1. The van der Waals surface area contributed by atoms with Gasteiger partial charge in [-0.05, 0) is 25.0 Å². The highest BCUT2D eigenvalue weighted by Gasteiger charge is 2.21. The molecule has 1 fully saturated rings. The summed E-state index contributed by atoms with van der Waals surface area (Å²) in [6.07, 6.45) is 1.90. The molecule has 0 bridgehead atoms. The van der Waals surface area contributed by atoms with E-state index in [-0.39, 0.29) is 17.2 Å². The van der Waals surface area contributed by atoms with Crippen molar-refractivity contribution in [3.63, 3.8) is 0 Å². The van der Waals surface area contributed by atoms with Gasteiger partial charge in [-0.1, -0.05) is 0 Å². The van der Waals surface area contributed by atoms with Crippen molar-refractivity contribution in [3.05, 3.63) is 29.3 Å². The summed E-state index contributed by atoms with van der Waals surface area (Å²) in [5.74, 6) is -1.78. The first-order valence-electron chi connectivity index (χ1n) is 5.59. The summed E-state index contributed by atoms with van der Waals surface area (Å²) in [5.41, 5.74) is -0.135. The lowest BCUT2D eigenvalue weighted by molar-refractivity contribution is 0.0792. The molecule has 1 saturated heterocycles. The topological polar surface area (TPSA) is 32.3 Å². The summed E-state index contributed by atoms with van der Waals surface area (Å²) in [5, 5.41) is 2.42. The van der Waals surface area contributed by atoms with Crippen molar-refractivity contribution >= 4 is 11.6 Å². The second-order valence-corrected chi connectivity index (χ2v) is 4.06. The van der Waals surface area contributed by atoms with E-state index in [0.717, 1.165) is 25.0 Å². The SMILES string of the molecule is CNc1c(F)cc(C(=O)N2CCCC2)cc1F. The fourth-order valence-electron chi connectivity index (χ4n) is 2.04. The molecule has 92 valence electrons. The molecule has 1 aliphatic rings. The fraction of sp³-hybridized carbons (Fsp3) is 0.417. The van der Waals surface area contributed by atoms with Crippen LogP contribution in [0.2, 0.25) is 0 Å². The Morgan fingerprint density at radius 3 is 2.24 bits per heavy atom. The Morgan fingerprint density at radius 2 is 1.76 bits per heavy atom. The standard InChI is InChI=1S/C12H14F2N2O/c1-15-11-9(13)6-8(7-10(11)14)12(17)16-4-2-3-5-16/h6-7,15H,2-5H2,1H3. The maximum absolute atomic E-state index is 13.5. The number of nitrogens with one attached hydrogen (secondary N) is 1. The Morgan fingerprint density at radius 1 is 1.24 bits per heavy atom. The molecule has 0 spiro atoms.